The van der Waals surface area contributed by atoms with Gasteiger partial charge in [-0.1, -0.05) is 40.0 Å². The van der Waals surface area contributed by atoms with Crippen LogP contribution in [-0.4, -0.2) is 15.7 Å². The summed E-state index contributed by atoms with van der Waals surface area (Å²) in [5.74, 6) is 0. The number of urea groups is 1. The molecule has 0 rings (SSSR count). The van der Waals surface area contributed by atoms with Crippen LogP contribution in [0.3, 0.4) is 0 Å². The average molecular weight is 202 g/mol. The lowest BCUT2D eigenvalue weighted by Gasteiger charge is -2.23. The maximum absolute atomic E-state index is 10.5. The van der Waals surface area contributed by atoms with Gasteiger partial charge in [0.1, 0.15) is 9.68 Å². The van der Waals surface area contributed by atoms with E-state index in [1.165, 1.54) is 25.7 Å². The summed E-state index contributed by atoms with van der Waals surface area (Å²) in [4.78, 5) is 13.3. The van der Waals surface area contributed by atoms with Crippen LogP contribution in [0.15, 0.2) is 0 Å². The Bertz CT molecular complexity index is 160. The molecule has 3 nitrogen and oxygen atoms in total. The highest BCUT2D eigenvalue weighted by Gasteiger charge is 2.18. The van der Waals surface area contributed by atoms with E-state index < -0.39 is 9.68 Å². The van der Waals surface area contributed by atoms with Gasteiger partial charge < -0.3 is 10.7 Å². The SMILES string of the molecule is CCCCCC(C)(C)[SiH2]NC(N)=O. The molecule has 0 heterocycles. The van der Waals surface area contributed by atoms with Gasteiger partial charge in [0.25, 0.3) is 0 Å². The summed E-state index contributed by atoms with van der Waals surface area (Å²) >= 11 is 0. The van der Waals surface area contributed by atoms with Crippen LogP contribution in [0.1, 0.15) is 46.5 Å². The number of nitrogens with one attached hydrogen (secondary N) is 1. The third-order valence-electron chi connectivity index (χ3n) is 2.20. The zero-order chi connectivity index (χ0) is 10.3. The normalized spacial score (nSPS) is 12.2. The van der Waals surface area contributed by atoms with Gasteiger partial charge in [-0.15, -0.1) is 0 Å². The van der Waals surface area contributed by atoms with Crippen molar-refractivity contribution in [3.8, 4) is 0 Å². The van der Waals surface area contributed by atoms with Crippen molar-refractivity contribution in [1.82, 2.24) is 4.98 Å². The zero-order valence-corrected chi connectivity index (χ0v) is 10.4. The van der Waals surface area contributed by atoms with Crippen molar-refractivity contribution in [1.29, 1.82) is 0 Å². The van der Waals surface area contributed by atoms with E-state index in [9.17, 15) is 4.79 Å². The Labute approximate surface area is 83.4 Å². The van der Waals surface area contributed by atoms with Crippen LogP contribution in [0.4, 0.5) is 4.79 Å². The number of amides is 2. The van der Waals surface area contributed by atoms with Crippen LogP contribution in [0, 0.1) is 0 Å². The highest BCUT2D eigenvalue weighted by Crippen LogP contribution is 2.28. The number of rotatable bonds is 6. The van der Waals surface area contributed by atoms with Crippen LogP contribution < -0.4 is 10.7 Å². The Morgan fingerprint density at radius 1 is 1.46 bits per heavy atom. The van der Waals surface area contributed by atoms with Crippen molar-refractivity contribution in [2.45, 2.75) is 51.5 Å². The van der Waals surface area contributed by atoms with Gasteiger partial charge in [0.05, 0.1) is 0 Å². The molecule has 0 saturated carbocycles. The van der Waals surface area contributed by atoms with Gasteiger partial charge in [-0.3, -0.25) is 4.79 Å². The Balaban J connectivity index is 3.59. The number of carbonyl (C=O) groups is 1. The molecule has 78 valence electrons. The van der Waals surface area contributed by atoms with E-state index in [0.29, 0.717) is 5.04 Å². The topological polar surface area (TPSA) is 55.1 Å². The standard InChI is InChI=1S/C9H22N2OSi/c1-4-5-6-7-9(2,3)13-11-8(10)12/h4-7,13H2,1-3H3,(H3,10,11,12). The fourth-order valence-electron chi connectivity index (χ4n) is 1.27. The van der Waals surface area contributed by atoms with Gasteiger partial charge in [0.15, 0.2) is 0 Å². The second-order valence-electron chi connectivity index (χ2n) is 4.34. The summed E-state index contributed by atoms with van der Waals surface area (Å²) < 4.78 is 0. The lowest BCUT2D eigenvalue weighted by atomic mass is 10.0. The summed E-state index contributed by atoms with van der Waals surface area (Å²) in [6.07, 6.45) is 5.00. The van der Waals surface area contributed by atoms with Gasteiger partial charge in [-0.2, -0.15) is 0 Å². The van der Waals surface area contributed by atoms with E-state index in [4.69, 9.17) is 5.73 Å². The van der Waals surface area contributed by atoms with Crippen molar-refractivity contribution in [2.75, 3.05) is 0 Å². The Morgan fingerprint density at radius 3 is 2.54 bits per heavy atom. The molecule has 3 N–H and O–H groups in total. The number of hydrogen-bond acceptors (Lipinski definition) is 1. The predicted octanol–water partition coefficient (Wildman–Crippen LogP) is 1.52. The lowest BCUT2D eigenvalue weighted by Crippen LogP contribution is -2.37. The predicted molar refractivity (Wildman–Crippen MR) is 59.4 cm³/mol. The van der Waals surface area contributed by atoms with Crippen molar-refractivity contribution in [2.24, 2.45) is 5.73 Å². The summed E-state index contributed by atoms with van der Waals surface area (Å²) in [7, 11) is -0.561. The van der Waals surface area contributed by atoms with Crippen LogP contribution in [0.25, 0.3) is 0 Å². The molecular weight excluding hydrogens is 180 g/mol. The zero-order valence-electron chi connectivity index (χ0n) is 9.02. The smallest absolute Gasteiger partial charge is 0.303 e. The molecule has 4 heteroatoms. The van der Waals surface area contributed by atoms with E-state index in [2.05, 4.69) is 25.8 Å². The van der Waals surface area contributed by atoms with Crippen molar-refractivity contribution in [3.63, 3.8) is 0 Å². The van der Waals surface area contributed by atoms with E-state index in [1.807, 2.05) is 0 Å². The fraction of sp³-hybridized carbons (Fsp3) is 0.889. The summed E-state index contributed by atoms with van der Waals surface area (Å²) in [6.45, 7) is 6.63. The molecule has 0 aromatic carbocycles. The first-order valence-electron chi connectivity index (χ1n) is 5.01. The molecule has 0 saturated heterocycles. The molecule has 0 aromatic rings. The second-order valence-corrected chi connectivity index (χ2v) is 6.96. The number of nitrogens with two attached hydrogens (primary N) is 1. The van der Waals surface area contributed by atoms with Gasteiger partial charge in [-0.05, 0) is 11.5 Å². The molecule has 0 fully saturated rings. The Hall–Kier alpha value is -0.513. The Morgan fingerprint density at radius 2 is 2.08 bits per heavy atom. The van der Waals surface area contributed by atoms with E-state index in [0.717, 1.165) is 0 Å². The van der Waals surface area contributed by atoms with Crippen LogP contribution >= 0.6 is 0 Å². The minimum Gasteiger partial charge on any atom is -0.370 e. The van der Waals surface area contributed by atoms with Gasteiger partial charge in [0, 0.05) is 0 Å². The van der Waals surface area contributed by atoms with Crippen molar-refractivity contribution in [3.05, 3.63) is 0 Å². The minimum atomic E-state index is -0.561. The molecule has 0 bridgehead atoms. The van der Waals surface area contributed by atoms with Crippen molar-refractivity contribution < 1.29 is 4.79 Å². The Kier molecular flexibility index (Phi) is 5.78. The monoisotopic (exact) mass is 202 g/mol. The van der Waals surface area contributed by atoms with Crippen LogP contribution in [0.5, 0.6) is 0 Å². The summed E-state index contributed by atoms with van der Waals surface area (Å²) in [5.41, 5.74) is 5.04. The first kappa shape index (κ1) is 12.5. The molecule has 0 radical (unpaired) electrons. The summed E-state index contributed by atoms with van der Waals surface area (Å²) in [5, 5.41) is 0.310. The van der Waals surface area contributed by atoms with Gasteiger partial charge in [0.2, 0.25) is 0 Å². The third-order valence-corrected chi connectivity index (χ3v) is 4.03. The van der Waals surface area contributed by atoms with E-state index >= 15 is 0 Å². The number of unbranched alkanes of at least 4 members (excludes halogenated alkanes) is 2. The lowest BCUT2D eigenvalue weighted by molar-refractivity contribution is 0.253. The summed E-state index contributed by atoms with van der Waals surface area (Å²) in [6, 6.07) is -0.366. The van der Waals surface area contributed by atoms with Gasteiger partial charge >= 0.3 is 6.03 Å². The molecule has 0 unspecified atom stereocenters. The molecule has 0 aromatic heterocycles. The first-order valence-corrected chi connectivity index (χ1v) is 6.42. The number of carbonyl (C=O) groups excluding carboxylic acids is 1. The molecule has 2 amide bonds. The van der Waals surface area contributed by atoms with E-state index in [1.54, 1.807) is 0 Å². The van der Waals surface area contributed by atoms with Gasteiger partial charge in [-0.25, -0.2) is 0 Å². The molecule has 0 aliphatic rings. The van der Waals surface area contributed by atoms with Crippen LogP contribution in [-0.2, 0) is 0 Å². The highest BCUT2D eigenvalue weighted by atomic mass is 28.2. The number of primary amides is 1. The molecule has 0 aliphatic carbocycles. The molecular formula is C9H22N2OSi. The number of hydrogen-bond donors (Lipinski definition) is 2. The fourth-order valence-corrected chi connectivity index (χ4v) is 2.35. The third kappa shape index (κ3) is 7.84. The minimum absolute atomic E-state index is 0.310. The molecule has 0 spiro atoms. The average Bonchev–Trinajstić information content (AvgIpc) is 2.02. The second kappa shape index (κ2) is 6.02. The molecule has 0 aliphatic heterocycles. The largest absolute Gasteiger partial charge is 0.370 e. The molecule has 0 atom stereocenters. The van der Waals surface area contributed by atoms with Crippen molar-refractivity contribution >= 4 is 15.7 Å². The maximum atomic E-state index is 10.5. The highest BCUT2D eigenvalue weighted by molar-refractivity contribution is 6.40. The molecule has 13 heavy (non-hydrogen) atoms. The first-order chi connectivity index (χ1) is 5.98. The maximum Gasteiger partial charge on any atom is 0.303 e. The quantitative estimate of drug-likeness (QED) is 0.498. The van der Waals surface area contributed by atoms with E-state index in [-0.39, 0.29) is 6.03 Å². The van der Waals surface area contributed by atoms with Crippen LogP contribution in [0.2, 0.25) is 5.04 Å².